The van der Waals surface area contributed by atoms with Crippen LogP contribution in [0.5, 0.6) is 0 Å². The minimum Gasteiger partial charge on any atom is -0.392 e. The Bertz CT molecular complexity index is 675. The lowest BCUT2D eigenvalue weighted by Gasteiger charge is -2.25. The van der Waals surface area contributed by atoms with Gasteiger partial charge in [0.05, 0.1) is 11.7 Å². The van der Waals surface area contributed by atoms with Gasteiger partial charge >= 0.3 is 6.18 Å². The fraction of sp³-hybridized carbons (Fsp3) is 0.389. The number of halogens is 3. The molecule has 1 fully saturated rings. The van der Waals surface area contributed by atoms with Gasteiger partial charge in [-0.05, 0) is 48.2 Å². The lowest BCUT2D eigenvalue weighted by atomic mass is 10.0. The fourth-order valence-corrected chi connectivity index (χ4v) is 3.22. The van der Waals surface area contributed by atoms with Gasteiger partial charge in [0, 0.05) is 31.5 Å². The molecule has 0 radical (unpaired) electrons. The highest BCUT2D eigenvalue weighted by molar-refractivity contribution is 5.29. The van der Waals surface area contributed by atoms with Crippen LogP contribution in [-0.2, 0) is 12.6 Å². The van der Waals surface area contributed by atoms with Crippen molar-refractivity contribution in [2.45, 2.75) is 31.2 Å². The van der Waals surface area contributed by atoms with Crippen LogP contribution in [0.1, 0.15) is 29.2 Å². The summed E-state index contributed by atoms with van der Waals surface area (Å²) < 4.78 is 38.8. The van der Waals surface area contributed by atoms with Crippen molar-refractivity contribution in [3.05, 3.63) is 65.5 Å². The van der Waals surface area contributed by atoms with Gasteiger partial charge in [-0.2, -0.15) is 13.2 Å². The molecule has 1 saturated heterocycles. The SMILES string of the molecule is O[C@H]1C[C@H](c2cccc(C(F)(F)F)c2)N(CCc2ccncc2)C1. The van der Waals surface area contributed by atoms with Crippen LogP contribution in [0, 0.1) is 0 Å². The molecular formula is C18H19F3N2O. The van der Waals surface area contributed by atoms with Gasteiger partial charge < -0.3 is 5.11 Å². The zero-order valence-corrected chi connectivity index (χ0v) is 13.1. The molecule has 24 heavy (non-hydrogen) atoms. The van der Waals surface area contributed by atoms with E-state index in [4.69, 9.17) is 0 Å². The molecule has 1 aliphatic rings. The number of nitrogens with zero attached hydrogens (tertiary/aromatic N) is 2. The Morgan fingerprint density at radius 2 is 1.92 bits per heavy atom. The van der Waals surface area contributed by atoms with Gasteiger partial charge in [0.2, 0.25) is 0 Å². The maximum Gasteiger partial charge on any atom is 0.416 e. The molecule has 1 aliphatic heterocycles. The Morgan fingerprint density at radius 3 is 2.62 bits per heavy atom. The summed E-state index contributed by atoms with van der Waals surface area (Å²) in [5, 5.41) is 9.98. The number of β-amino-alcohol motifs (C(OH)–C–C–N with tert-alkyl or cyclic N) is 1. The summed E-state index contributed by atoms with van der Waals surface area (Å²) in [6.45, 7) is 1.16. The van der Waals surface area contributed by atoms with Crippen molar-refractivity contribution in [3.63, 3.8) is 0 Å². The van der Waals surface area contributed by atoms with Crippen molar-refractivity contribution in [2.75, 3.05) is 13.1 Å². The van der Waals surface area contributed by atoms with Crippen molar-refractivity contribution < 1.29 is 18.3 Å². The van der Waals surface area contributed by atoms with Crippen LogP contribution < -0.4 is 0 Å². The molecule has 0 aliphatic carbocycles. The predicted octanol–water partition coefficient (Wildman–Crippen LogP) is 3.45. The van der Waals surface area contributed by atoms with E-state index in [9.17, 15) is 18.3 Å². The van der Waals surface area contributed by atoms with Gasteiger partial charge in [0.15, 0.2) is 0 Å². The molecule has 128 valence electrons. The third kappa shape index (κ3) is 3.94. The Morgan fingerprint density at radius 1 is 1.17 bits per heavy atom. The largest absolute Gasteiger partial charge is 0.416 e. The summed E-state index contributed by atoms with van der Waals surface area (Å²) in [4.78, 5) is 6.03. The number of alkyl halides is 3. The Kier molecular flexibility index (Phi) is 4.87. The van der Waals surface area contributed by atoms with Crippen LogP contribution in [0.2, 0.25) is 0 Å². The second-order valence-corrected chi connectivity index (χ2v) is 6.13. The smallest absolute Gasteiger partial charge is 0.392 e. The molecule has 0 saturated carbocycles. The highest BCUT2D eigenvalue weighted by Crippen LogP contribution is 2.36. The first-order valence-corrected chi connectivity index (χ1v) is 7.91. The molecule has 0 unspecified atom stereocenters. The normalized spacial score (nSPS) is 22.0. The van der Waals surface area contributed by atoms with Crippen LogP contribution in [0.3, 0.4) is 0 Å². The van der Waals surface area contributed by atoms with E-state index < -0.39 is 17.8 Å². The average Bonchev–Trinajstić information content (AvgIpc) is 2.94. The van der Waals surface area contributed by atoms with Crippen molar-refractivity contribution in [2.24, 2.45) is 0 Å². The van der Waals surface area contributed by atoms with E-state index in [-0.39, 0.29) is 6.04 Å². The van der Waals surface area contributed by atoms with Crippen LogP contribution in [-0.4, -0.2) is 34.2 Å². The van der Waals surface area contributed by atoms with E-state index in [1.165, 1.54) is 12.1 Å². The zero-order valence-electron chi connectivity index (χ0n) is 13.1. The number of benzene rings is 1. The minimum absolute atomic E-state index is 0.191. The number of aliphatic hydroxyl groups excluding tert-OH is 1. The summed E-state index contributed by atoms with van der Waals surface area (Å²) >= 11 is 0. The standard InChI is InChI=1S/C18H19F3N2O/c19-18(20,21)15-3-1-2-14(10-15)17-11-16(24)12-23(17)9-6-13-4-7-22-8-5-13/h1-5,7-8,10,16-17,24H,6,9,11-12H2/t16-,17+/m0/s1. The lowest BCUT2D eigenvalue weighted by molar-refractivity contribution is -0.137. The average molecular weight is 336 g/mol. The van der Waals surface area contributed by atoms with Crippen LogP contribution in [0.25, 0.3) is 0 Å². The number of aromatic nitrogens is 1. The van der Waals surface area contributed by atoms with E-state index in [0.29, 0.717) is 25.1 Å². The molecule has 2 aromatic rings. The van der Waals surface area contributed by atoms with Crippen LogP contribution >= 0.6 is 0 Å². The predicted molar refractivity (Wildman–Crippen MR) is 84.3 cm³/mol. The van der Waals surface area contributed by atoms with E-state index in [2.05, 4.69) is 9.88 Å². The summed E-state index contributed by atoms with van der Waals surface area (Å²) in [6, 6.07) is 9.07. The Hall–Kier alpha value is -1.92. The molecule has 2 heterocycles. The molecule has 3 nitrogen and oxygen atoms in total. The highest BCUT2D eigenvalue weighted by Gasteiger charge is 2.34. The van der Waals surface area contributed by atoms with Gasteiger partial charge in [-0.3, -0.25) is 9.88 Å². The van der Waals surface area contributed by atoms with Gasteiger partial charge in [0.1, 0.15) is 0 Å². The fourth-order valence-electron chi connectivity index (χ4n) is 3.22. The van der Waals surface area contributed by atoms with Gasteiger partial charge in [-0.25, -0.2) is 0 Å². The van der Waals surface area contributed by atoms with Gasteiger partial charge in [0.25, 0.3) is 0 Å². The van der Waals surface area contributed by atoms with Crippen molar-refractivity contribution in [1.82, 2.24) is 9.88 Å². The summed E-state index contributed by atoms with van der Waals surface area (Å²) in [6.07, 6.45) is -0.198. The highest BCUT2D eigenvalue weighted by atomic mass is 19.4. The topological polar surface area (TPSA) is 36.4 Å². The molecule has 3 rings (SSSR count). The number of pyridine rings is 1. The maximum absolute atomic E-state index is 12.9. The van der Waals surface area contributed by atoms with Crippen LogP contribution in [0.15, 0.2) is 48.8 Å². The minimum atomic E-state index is -4.35. The van der Waals surface area contributed by atoms with Crippen molar-refractivity contribution in [3.8, 4) is 0 Å². The molecule has 2 atom stereocenters. The second kappa shape index (κ2) is 6.91. The third-order valence-electron chi connectivity index (χ3n) is 4.42. The van der Waals surface area contributed by atoms with Crippen molar-refractivity contribution >= 4 is 0 Å². The first-order chi connectivity index (χ1) is 11.4. The summed E-state index contributed by atoms with van der Waals surface area (Å²) in [5.74, 6) is 0. The molecule has 0 bridgehead atoms. The quantitative estimate of drug-likeness (QED) is 0.929. The molecule has 1 aromatic heterocycles. The molecular weight excluding hydrogens is 317 g/mol. The number of likely N-dealkylation sites (tertiary alicyclic amines) is 1. The van der Waals surface area contributed by atoms with E-state index in [1.54, 1.807) is 18.5 Å². The van der Waals surface area contributed by atoms with Crippen LogP contribution in [0.4, 0.5) is 13.2 Å². The second-order valence-electron chi connectivity index (χ2n) is 6.13. The summed E-state index contributed by atoms with van der Waals surface area (Å²) in [5.41, 5.74) is 1.08. The Balaban J connectivity index is 1.75. The van der Waals surface area contributed by atoms with E-state index >= 15 is 0 Å². The monoisotopic (exact) mass is 336 g/mol. The molecule has 0 amide bonds. The van der Waals surface area contributed by atoms with Crippen molar-refractivity contribution in [1.29, 1.82) is 0 Å². The first-order valence-electron chi connectivity index (χ1n) is 7.91. The number of hydrogen-bond acceptors (Lipinski definition) is 3. The molecule has 0 spiro atoms. The Labute approximate surface area is 138 Å². The van der Waals surface area contributed by atoms with Gasteiger partial charge in [-0.1, -0.05) is 12.1 Å². The summed E-state index contributed by atoms with van der Waals surface area (Å²) in [7, 11) is 0. The maximum atomic E-state index is 12.9. The number of hydrogen-bond donors (Lipinski definition) is 1. The molecule has 1 aromatic carbocycles. The van der Waals surface area contributed by atoms with E-state index in [1.807, 2.05) is 12.1 Å². The number of rotatable bonds is 4. The first kappa shape index (κ1) is 16.9. The molecule has 6 heteroatoms. The molecule has 1 N–H and O–H groups in total. The lowest BCUT2D eigenvalue weighted by Crippen LogP contribution is -2.27. The number of aliphatic hydroxyl groups is 1. The zero-order chi connectivity index (χ0) is 17.2. The van der Waals surface area contributed by atoms with Gasteiger partial charge in [-0.15, -0.1) is 0 Å². The van der Waals surface area contributed by atoms with E-state index in [0.717, 1.165) is 18.1 Å². The third-order valence-corrected chi connectivity index (χ3v) is 4.42.